The fourth-order valence-corrected chi connectivity index (χ4v) is 3.45. The third kappa shape index (κ3) is 2.38. The van der Waals surface area contributed by atoms with Crippen LogP contribution in [0.4, 0.5) is 0 Å². The Morgan fingerprint density at radius 2 is 2.44 bits per heavy atom. The molecule has 0 aliphatic carbocycles. The van der Waals surface area contributed by atoms with E-state index in [-0.39, 0.29) is 10.1 Å². The average Bonchev–Trinajstić information content (AvgIpc) is 2.86. The average molecular weight is 261 g/mol. The number of thioether (sulfide) groups is 1. The molecule has 1 aliphatic heterocycles. The first-order chi connectivity index (χ1) is 7.65. The molecule has 2 rings (SSSR count). The third-order valence-electron chi connectivity index (χ3n) is 2.94. The van der Waals surface area contributed by atoms with Gasteiger partial charge >= 0.3 is 0 Å². The molecule has 0 spiro atoms. The zero-order valence-corrected chi connectivity index (χ0v) is 11.3. The lowest BCUT2D eigenvalue weighted by molar-refractivity contribution is 0.339. The molecule has 16 heavy (non-hydrogen) atoms. The summed E-state index contributed by atoms with van der Waals surface area (Å²) in [5, 5.41) is 3.88. The maximum absolute atomic E-state index is 6.18. The molecular weight excluding hydrogens is 244 g/mol. The van der Waals surface area contributed by atoms with E-state index in [1.807, 2.05) is 11.8 Å². The van der Waals surface area contributed by atoms with Crippen molar-refractivity contribution in [2.45, 2.75) is 49.7 Å². The minimum absolute atomic E-state index is 0.00801. The van der Waals surface area contributed by atoms with E-state index < -0.39 is 0 Å². The molecule has 2 heterocycles. The minimum atomic E-state index is -0.113. The lowest BCUT2D eigenvalue weighted by atomic mass is 10.1. The molecule has 0 radical (unpaired) electrons. The Kier molecular flexibility index (Phi) is 3.80. The zero-order chi connectivity index (χ0) is 11.6. The molecule has 0 aromatic carbocycles. The molecule has 3 nitrogen and oxygen atoms in total. The van der Waals surface area contributed by atoms with E-state index in [1.54, 1.807) is 0 Å². The maximum atomic E-state index is 6.18. The zero-order valence-electron chi connectivity index (χ0n) is 9.70. The molecule has 0 bridgehead atoms. The van der Waals surface area contributed by atoms with Crippen molar-refractivity contribution in [3.63, 3.8) is 0 Å². The fraction of sp³-hybridized carbons (Fsp3) is 0.818. The first kappa shape index (κ1) is 12.2. The van der Waals surface area contributed by atoms with Gasteiger partial charge in [0.1, 0.15) is 0 Å². The highest BCUT2D eigenvalue weighted by Gasteiger charge is 2.37. The first-order valence-corrected chi connectivity index (χ1v) is 7.20. The Bertz CT molecular complexity index is 350. The summed E-state index contributed by atoms with van der Waals surface area (Å²) in [6, 6.07) is 0. The van der Waals surface area contributed by atoms with Crippen molar-refractivity contribution >= 4 is 23.4 Å². The Balaban J connectivity index is 2.12. The van der Waals surface area contributed by atoms with Gasteiger partial charge in [0, 0.05) is 0 Å². The second kappa shape index (κ2) is 4.96. The van der Waals surface area contributed by atoms with Crippen molar-refractivity contribution in [3.05, 3.63) is 11.7 Å². The van der Waals surface area contributed by atoms with E-state index in [0.29, 0.717) is 5.82 Å². The van der Waals surface area contributed by atoms with Crippen LogP contribution in [0, 0.1) is 0 Å². The molecule has 90 valence electrons. The Hall–Kier alpha value is -0.220. The number of halogens is 1. The van der Waals surface area contributed by atoms with Crippen LogP contribution in [0.15, 0.2) is 4.52 Å². The van der Waals surface area contributed by atoms with E-state index in [0.717, 1.165) is 25.2 Å². The number of alkyl halides is 1. The first-order valence-electron chi connectivity index (χ1n) is 5.78. The Morgan fingerprint density at radius 1 is 1.62 bits per heavy atom. The van der Waals surface area contributed by atoms with E-state index >= 15 is 0 Å². The van der Waals surface area contributed by atoms with Crippen molar-refractivity contribution in [2.24, 2.45) is 0 Å². The van der Waals surface area contributed by atoms with Crippen LogP contribution in [-0.4, -0.2) is 15.9 Å². The lowest BCUT2D eigenvalue weighted by Crippen LogP contribution is -2.13. The summed E-state index contributed by atoms with van der Waals surface area (Å²) < 4.78 is 5.36. The van der Waals surface area contributed by atoms with Gasteiger partial charge in [0.05, 0.1) is 10.1 Å². The second-order valence-electron chi connectivity index (χ2n) is 4.40. The summed E-state index contributed by atoms with van der Waals surface area (Å²) in [6.45, 7) is 4.27. The van der Waals surface area contributed by atoms with Gasteiger partial charge in [-0.25, -0.2) is 0 Å². The van der Waals surface area contributed by atoms with Gasteiger partial charge in [-0.3, -0.25) is 0 Å². The van der Waals surface area contributed by atoms with Gasteiger partial charge in [-0.1, -0.05) is 18.5 Å². The third-order valence-corrected chi connectivity index (χ3v) is 4.86. The largest absolute Gasteiger partial charge is 0.338 e. The predicted octanol–water partition coefficient (Wildman–Crippen LogP) is 3.89. The molecule has 0 saturated carbocycles. The minimum Gasteiger partial charge on any atom is -0.338 e. The van der Waals surface area contributed by atoms with E-state index in [2.05, 4.69) is 24.0 Å². The molecule has 5 heteroatoms. The number of aromatic nitrogens is 2. The van der Waals surface area contributed by atoms with Crippen molar-refractivity contribution in [2.75, 3.05) is 5.75 Å². The van der Waals surface area contributed by atoms with Crippen LogP contribution in [-0.2, 0) is 4.75 Å². The van der Waals surface area contributed by atoms with Gasteiger partial charge in [-0.15, -0.1) is 23.4 Å². The van der Waals surface area contributed by atoms with Gasteiger partial charge in [0.15, 0.2) is 5.82 Å². The van der Waals surface area contributed by atoms with Gasteiger partial charge in [0.25, 0.3) is 0 Å². The topological polar surface area (TPSA) is 38.9 Å². The van der Waals surface area contributed by atoms with Crippen molar-refractivity contribution in [1.29, 1.82) is 0 Å². The van der Waals surface area contributed by atoms with Crippen molar-refractivity contribution in [1.82, 2.24) is 10.1 Å². The van der Waals surface area contributed by atoms with Gasteiger partial charge < -0.3 is 4.52 Å². The highest BCUT2D eigenvalue weighted by molar-refractivity contribution is 8.00. The highest BCUT2D eigenvalue weighted by atomic mass is 35.5. The van der Waals surface area contributed by atoms with Crippen molar-refractivity contribution < 1.29 is 4.52 Å². The molecular formula is C11H17ClN2OS. The van der Waals surface area contributed by atoms with Crippen LogP contribution < -0.4 is 0 Å². The standard InChI is InChI=1S/C11H17ClN2OS/c1-3-5-8(12)9-13-10(15-14-9)11(2)6-4-7-16-11/h8H,3-7H2,1-2H3. The van der Waals surface area contributed by atoms with Crippen LogP contribution >= 0.6 is 23.4 Å². The summed E-state index contributed by atoms with van der Waals surface area (Å²) in [5.41, 5.74) is 0. The summed E-state index contributed by atoms with van der Waals surface area (Å²) in [6.07, 6.45) is 4.26. The highest BCUT2D eigenvalue weighted by Crippen LogP contribution is 2.45. The monoisotopic (exact) mass is 260 g/mol. The SMILES string of the molecule is CCCC(Cl)c1noc(C2(C)CCCS2)n1. The maximum Gasteiger partial charge on any atom is 0.242 e. The Morgan fingerprint density at radius 3 is 3.06 bits per heavy atom. The number of hydrogen-bond donors (Lipinski definition) is 0. The van der Waals surface area contributed by atoms with E-state index in [1.165, 1.54) is 12.2 Å². The molecule has 1 aromatic heterocycles. The summed E-state index contributed by atoms with van der Waals surface area (Å²) in [5.74, 6) is 2.56. The molecule has 2 unspecified atom stereocenters. The Labute approximate surface area is 105 Å². The summed E-state index contributed by atoms with van der Waals surface area (Å²) in [4.78, 5) is 4.45. The molecule has 1 saturated heterocycles. The van der Waals surface area contributed by atoms with Crippen LogP contribution in [0.25, 0.3) is 0 Å². The van der Waals surface area contributed by atoms with E-state index in [9.17, 15) is 0 Å². The van der Waals surface area contributed by atoms with Gasteiger partial charge in [0.2, 0.25) is 5.89 Å². The number of hydrogen-bond acceptors (Lipinski definition) is 4. The molecule has 1 aromatic rings. The smallest absolute Gasteiger partial charge is 0.242 e. The second-order valence-corrected chi connectivity index (χ2v) is 6.52. The van der Waals surface area contributed by atoms with Crippen LogP contribution in [0.1, 0.15) is 56.6 Å². The van der Waals surface area contributed by atoms with Crippen LogP contribution in [0.3, 0.4) is 0 Å². The summed E-state index contributed by atoms with van der Waals surface area (Å²) in [7, 11) is 0. The molecule has 2 atom stereocenters. The molecule has 1 aliphatic rings. The van der Waals surface area contributed by atoms with Crippen LogP contribution in [0.2, 0.25) is 0 Å². The van der Waals surface area contributed by atoms with Gasteiger partial charge in [-0.05, 0) is 31.9 Å². The number of nitrogens with zero attached hydrogens (tertiary/aromatic N) is 2. The summed E-state index contributed by atoms with van der Waals surface area (Å²) >= 11 is 8.08. The molecule has 0 amide bonds. The normalized spacial score (nSPS) is 27.2. The number of rotatable bonds is 4. The van der Waals surface area contributed by atoms with Gasteiger partial charge in [-0.2, -0.15) is 4.98 Å². The molecule has 0 N–H and O–H groups in total. The fourth-order valence-electron chi connectivity index (χ4n) is 1.91. The van der Waals surface area contributed by atoms with Crippen LogP contribution in [0.5, 0.6) is 0 Å². The lowest BCUT2D eigenvalue weighted by Gasteiger charge is -2.16. The predicted molar refractivity (Wildman–Crippen MR) is 66.8 cm³/mol. The quantitative estimate of drug-likeness (QED) is 0.770. The molecule has 1 fully saturated rings. The van der Waals surface area contributed by atoms with Crippen molar-refractivity contribution in [3.8, 4) is 0 Å². The van der Waals surface area contributed by atoms with E-state index in [4.69, 9.17) is 16.1 Å².